The van der Waals surface area contributed by atoms with Gasteiger partial charge in [-0.05, 0) is 167 Å². The molecule has 118 heavy (non-hydrogen) atoms. The van der Waals surface area contributed by atoms with Gasteiger partial charge in [0.05, 0.1) is 50.1 Å². The molecule has 2 spiro atoms. The number of aromatic nitrogens is 10. The van der Waals surface area contributed by atoms with Gasteiger partial charge < -0.3 is 8.83 Å². The Morgan fingerprint density at radius 3 is 1.37 bits per heavy atom. The van der Waals surface area contributed by atoms with E-state index in [1.807, 2.05) is 115 Å². The molecule has 4 aliphatic carbocycles. The largest absolute Gasteiger partial charge is 0.453 e. The second kappa shape index (κ2) is 25.3. The van der Waals surface area contributed by atoms with Crippen LogP contribution in [0.25, 0.3) is 180 Å². The summed E-state index contributed by atoms with van der Waals surface area (Å²) in [5, 5.41) is 23.6. The van der Waals surface area contributed by atoms with Crippen LogP contribution in [-0.2, 0) is 23.7 Å². The van der Waals surface area contributed by atoms with Crippen molar-refractivity contribution in [2.45, 2.75) is 37.5 Å². The van der Waals surface area contributed by atoms with Crippen LogP contribution in [0, 0.1) is 22.7 Å². The highest BCUT2D eigenvalue weighted by atomic mass is 16.3. The monoisotopic (exact) mass is 1510 g/mol. The van der Waals surface area contributed by atoms with Gasteiger partial charge in [0, 0.05) is 62.8 Å². The van der Waals surface area contributed by atoms with Gasteiger partial charge in [-0.1, -0.05) is 257 Å². The molecule has 0 fully saturated rings. The third-order valence-corrected chi connectivity index (χ3v) is 24.7. The van der Waals surface area contributed by atoms with Crippen LogP contribution in [-0.4, -0.2) is 49.0 Å². The molecular formula is C104H62N12O2. The maximum Gasteiger partial charge on any atom is 0.215 e. The average molecular weight is 1510 g/mol. The highest BCUT2D eigenvalue weighted by Crippen LogP contribution is 2.67. The molecule has 0 amide bonds. The first-order valence-electron chi connectivity index (χ1n) is 39.8. The first kappa shape index (κ1) is 66.7. The number of fused-ring (bicyclic) bond motifs is 26. The molecule has 0 saturated heterocycles. The molecule has 0 bridgehead atoms. The van der Waals surface area contributed by atoms with E-state index >= 15 is 0 Å². The molecule has 6 aromatic heterocycles. The number of nitriles is 2. The van der Waals surface area contributed by atoms with Crippen LogP contribution in [0.2, 0.25) is 0 Å². The summed E-state index contributed by atoms with van der Waals surface area (Å²) in [5.41, 5.74) is 29.5. The van der Waals surface area contributed by atoms with Gasteiger partial charge in [-0.2, -0.15) is 10.5 Å². The van der Waals surface area contributed by atoms with E-state index in [2.05, 4.69) is 235 Å². The fourth-order valence-corrected chi connectivity index (χ4v) is 19.9. The van der Waals surface area contributed by atoms with Gasteiger partial charge >= 0.3 is 0 Å². The SMILES string of the molecule is CCc1nc2ccccc2n1-c1ccc2c(c1)-c1ccccc1C21c2ccccc2-c2c1ccc1oc(C#N)c(-c3nc(-c4ccccc4)nc(-c4ccc(-c5cccc6c5nc(CC)n6-c5ccc6c(c5)-c5ccccc5C65c6ccc(C#N)cc6-c6c5ccc5oc(-c7nc(-c8ccccc8)nc(-c8ccccc8)n7)cc65)cc4)n3)c21. The standard InChI is InChI=1S/C104H62N12O2/c1-3-90-107-83-36-20-21-37-84(83)115(90)65-44-47-78-71(54-65)68-29-14-17-33-75(68)103(78)77-35-19-16-31-70(77)93-82(103)50-52-87-94(93)95(89(58-106)118-87)102-113-99(63-27-12-7-13-28-63)110-100(114-102)64-42-40-60(41-43-64)67-32-22-38-85-96(67)108-91(4-2)116(85)66-45-48-79-72(55-66)69-30-15-18-34-76(69)104(79)80-46-39-59(57-105)53-73(80)92-74-56-88(117-86(74)51-49-81(92)104)101-111-97(61-23-8-5-9-24-61)109-98(112-101)62-25-10-6-11-26-62/h5-56H,3-4H2,1-2H3. The van der Waals surface area contributed by atoms with Gasteiger partial charge in [0.1, 0.15) is 28.9 Å². The first-order chi connectivity index (χ1) is 58.3. The van der Waals surface area contributed by atoms with Crippen molar-refractivity contribution in [1.29, 1.82) is 10.5 Å². The second-order valence-electron chi connectivity index (χ2n) is 30.6. The van der Waals surface area contributed by atoms with Crippen molar-refractivity contribution in [3.63, 3.8) is 0 Å². The molecular weight excluding hydrogens is 1450 g/mol. The molecule has 2 atom stereocenters. The Kier molecular flexibility index (Phi) is 14.3. The van der Waals surface area contributed by atoms with E-state index in [4.69, 9.17) is 48.7 Å². The Balaban J connectivity index is 0.611. The van der Waals surface area contributed by atoms with Gasteiger partial charge in [-0.3, -0.25) is 9.13 Å². The van der Waals surface area contributed by atoms with Crippen molar-refractivity contribution in [2.75, 3.05) is 0 Å². The van der Waals surface area contributed by atoms with Gasteiger partial charge in [-0.15, -0.1) is 0 Å². The van der Waals surface area contributed by atoms with Gasteiger partial charge in [-0.25, -0.2) is 39.9 Å². The number of furan rings is 2. The van der Waals surface area contributed by atoms with Crippen molar-refractivity contribution >= 4 is 44.0 Å². The summed E-state index contributed by atoms with van der Waals surface area (Å²) in [4.78, 5) is 41.7. The lowest BCUT2D eigenvalue weighted by Crippen LogP contribution is -2.25. The lowest BCUT2D eigenvalue weighted by molar-refractivity contribution is 0.600. The van der Waals surface area contributed by atoms with Crippen LogP contribution in [0.3, 0.4) is 0 Å². The number of rotatable bonds is 11. The highest BCUT2D eigenvalue weighted by molar-refractivity contribution is 6.12. The minimum atomic E-state index is -0.760. The number of imidazole rings is 2. The van der Waals surface area contributed by atoms with Gasteiger partial charge in [0.2, 0.25) is 5.76 Å². The number of hydrogen-bond donors (Lipinski definition) is 0. The Labute approximate surface area is 676 Å². The fourth-order valence-electron chi connectivity index (χ4n) is 19.9. The van der Waals surface area contributed by atoms with Crippen LogP contribution in [0.4, 0.5) is 0 Å². The predicted molar refractivity (Wildman–Crippen MR) is 461 cm³/mol. The van der Waals surface area contributed by atoms with Crippen LogP contribution < -0.4 is 0 Å². The number of aryl methyl sites for hydroxylation is 2. The summed E-state index contributed by atoms with van der Waals surface area (Å²) in [6.07, 6.45) is 1.44. The third kappa shape index (κ3) is 9.30. The third-order valence-electron chi connectivity index (χ3n) is 24.7. The molecule has 2 unspecified atom stereocenters. The average Bonchev–Trinajstić information content (AvgIpc) is 1.50. The van der Waals surface area contributed by atoms with E-state index in [-0.39, 0.29) is 5.76 Å². The number of para-hydroxylation sites is 3. The van der Waals surface area contributed by atoms with E-state index in [1.54, 1.807) is 0 Å². The van der Waals surface area contributed by atoms with Crippen molar-refractivity contribution in [2.24, 2.45) is 0 Å². The van der Waals surface area contributed by atoms with Crippen LogP contribution in [0.15, 0.2) is 324 Å². The zero-order valence-corrected chi connectivity index (χ0v) is 63.6. The molecule has 550 valence electrons. The molecule has 0 aliphatic heterocycles. The zero-order valence-electron chi connectivity index (χ0n) is 63.6. The summed E-state index contributed by atoms with van der Waals surface area (Å²) in [6, 6.07) is 115. The Morgan fingerprint density at radius 1 is 0.314 bits per heavy atom. The molecule has 24 rings (SSSR count). The summed E-state index contributed by atoms with van der Waals surface area (Å²) in [5.74, 6) is 5.25. The zero-order chi connectivity index (χ0) is 78.2. The van der Waals surface area contributed by atoms with Crippen molar-refractivity contribution in [3.05, 3.63) is 383 Å². The van der Waals surface area contributed by atoms with E-state index in [0.29, 0.717) is 69.4 Å². The lowest BCUT2D eigenvalue weighted by Gasteiger charge is -2.30. The summed E-state index contributed by atoms with van der Waals surface area (Å²) in [6.45, 7) is 4.32. The minimum Gasteiger partial charge on any atom is -0.453 e. The van der Waals surface area contributed by atoms with E-state index < -0.39 is 10.8 Å². The predicted octanol–water partition coefficient (Wildman–Crippen LogP) is 23.5. The quantitative estimate of drug-likeness (QED) is 0.119. The molecule has 14 heteroatoms. The van der Waals surface area contributed by atoms with Crippen molar-refractivity contribution < 1.29 is 8.83 Å². The fraction of sp³-hybridized carbons (Fsp3) is 0.0577. The smallest absolute Gasteiger partial charge is 0.215 e. The second-order valence-corrected chi connectivity index (χ2v) is 30.6. The van der Waals surface area contributed by atoms with Crippen molar-refractivity contribution in [3.8, 4) is 148 Å². The van der Waals surface area contributed by atoms with E-state index in [1.165, 1.54) is 11.1 Å². The molecule has 0 N–H and O–H groups in total. The molecule has 14 nitrogen and oxygen atoms in total. The maximum atomic E-state index is 11.3. The summed E-state index contributed by atoms with van der Waals surface area (Å²) in [7, 11) is 0. The Bertz CT molecular complexity index is 7760. The number of benzene rings is 14. The van der Waals surface area contributed by atoms with Crippen molar-refractivity contribution in [1.82, 2.24) is 49.0 Å². The van der Waals surface area contributed by atoms with Crippen LogP contribution in [0.5, 0.6) is 0 Å². The molecule has 6 heterocycles. The maximum absolute atomic E-state index is 11.3. The topological polar surface area (TPSA) is 187 Å². The Hall–Kier alpha value is -15.9. The molecule has 14 aromatic carbocycles. The molecule has 0 radical (unpaired) electrons. The first-order valence-corrected chi connectivity index (χ1v) is 39.8. The van der Waals surface area contributed by atoms with Gasteiger partial charge in [0.15, 0.2) is 40.7 Å². The van der Waals surface area contributed by atoms with Gasteiger partial charge in [0.25, 0.3) is 0 Å². The number of nitrogens with zero attached hydrogens (tertiary/aromatic N) is 12. The van der Waals surface area contributed by atoms with Crippen LogP contribution in [0.1, 0.15) is 81.3 Å². The minimum absolute atomic E-state index is 0.111. The van der Waals surface area contributed by atoms with E-state index in [0.717, 1.165) is 174 Å². The van der Waals surface area contributed by atoms with Crippen LogP contribution >= 0.6 is 0 Å². The normalized spacial score (nSPS) is 14.8. The lowest BCUT2D eigenvalue weighted by atomic mass is 9.70. The highest BCUT2D eigenvalue weighted by Gasteiger charge is 2.55. The molecule has 20 aromatic rings. The summed E-state index contributed by atoms with van der Waals surface area (Å²) < 4.78 is 18.2. The van der Waals surface area contributed by atoms with E-state index in [9.17, 15) is 10.5 Å². The molecule has 0 saturated carbocycles. The number of hydrogen-bond acceptors (Lipinski definition) is 12. The summed E-state index contributed by atoms with van der Waals surface area (Å²) >= 11 is 0. The Morgan fingerprint density at radius 2 is 0.771 bits per heavy atom. The molecule has 4 aliphatic rings.